The smallest absolute Gasteiger partial charge is 0.0670 e. The van der Waals surface area contributed by atoms with Crippen molar-refractivity contribution in [2.45, 2.75) is 42.2 Å². The maximum Gasteiger partial charge on any atom is 0.0670 e. The molecule has 0 aromatic heterocycles. The Morgan fingerprint density at radius 1 is 1.38 bits per heavy atom. The number of hydrogen-bond donors (Lipinski definition) is 1. The Labute approximate surface area is 101 Å². The van der Waals surface area contributed by atoms with Crippen molar-refractivity contribution in [2.24, 2.45) is 0 Å². The second kappa shape index (κ2) is 5.27. The maximum atomic E-state index is 8.71. The first-order valence-corrected chi connectivity index (χ1v) is 6.59. The Morgan fingerprint density at radius 2 is 2.12 bits per heavy atom. The van der Waals surface area contributed by atoms with E-state index in [9.17, 15) is 0 Å². The largest absolute Gasteiger partial charge is 0.398 e. The summed E-state index contributed by atoms with van der Waals surface area (Å²) in [4.78, 5) is 1.26. The van der Waals surface area contributed by atoms with E-state index < -0.39 is 0 Å². The third-order valence-corrected chi connectivity index (χ3v) is 4.32. The first-order chi connectivity index (χ1) is 7.79. The number of nitriles is 1. The van der Waals surface area contributed by atoms with Crippen LogP contribution in [0.25, 0.3) is 0 Å². The minimum atomic E-state index is 0.408. The lowest BCUT2D eigenvalue weighted by atomic mass is 10.1. The Hall–Kier alpha value is -1.14. The molecule has 1 fully saturated rings. The number of thioether (sulfide) groups is 1. The van der Waals surface area contributed by atoms with Gasteiger partial charge in [0.1, 0.15) is 0 Å². The van der Waals surface area contributed by atoms with E-state index in [2.05, 4.69) is 18.2 Å². The lowest BCUT2D eigenvalue weighted by Gasteiger charge is -2.10. The van der Waals surface area contributed by atoms with Gasteiger partial charge in [0, 0.05) is 15.8 Å². The third kappa shape index (κ3) is 2.70. The molecular weight excluding hydrogens is 216 g/mol. The molecule has 2 nitrogen and oxygen atoms in total. The van der Waals surface area contributed by atoms with Crippen molar-refractivity contribution in [2.75, 3.05) is 5.73 Å². The van der Waals surface area contributed by atoms with Gasteiger partial charge in [-0.1, -0.05) is 12.8 Å². The monoisotopic (exact) mass is 232 g/mol. The molecule has 1 aromatic rings. The summed E-state index contributed by atoms with van der Waals surface area (Å²) in [7, 11) is 0. The van der Waals surface area contributed by atoms with Crippen LogP contribution in [0.15, 0.2) is 23.1 Å². The zero-order valence-electron chi connectivity index (χ0n) is 9.28. The fourth-order valence-electron chi connectivity index (χ4n) is 2.09. The van der Waals surface area contributed by atoms with E-state index in [1.165, 1.54) is 30.6 Å². The molecule has 0 amide bonds. The van der Waals surface area contributed by atoms with E-state index in [0.717, 1.165) is 16.5 Å². The first-order valence-electron chi connectivity index (χ1n) is 5.71. The van der Waals surface area contributed by atoms with E-state index in [1.54, 1.807) is 0 Å². The summed E-state index contributed by atoms with van der Waals surface area (Å²) in [5.41, 5.74) is 7.52. The van der Waals surface area contributed by atoms with Crippen molar-refractivity contribution < 1.29 is 0 Å². The number of nitrogens with two attached hydrogens (primary N) is 1. The van der Waals surface area contributed by atoms with Gasteiger partial charge in [0.25, 0.3) is 0 Å². The van der Waals surface area contributed by atoms with Gasteiger partial charge in [0.05, 0.1) is 12.5 Å². The van der Waals surface area contributed by atoms with E-state index in [-0.39, 0.29) is 0 Å². The Kier molecular flexibility index (Phi) is 3.74. The molecule has 1 aliphatic rings. The molecule has 0 aliphatic heterocycles. The van der Waals surface area contributed by atoms with Crippen LogP contribution in [0.3, 0.4) is 0 Å². The number of hydrogen-bond acceptors (Lipinski definition) is 3. The second-order valence-corrected chi connectivity index (χ2v) is 5.59. The number of nitrogen functional groups attached to an aromatic ring is 1. The molecule has 84 valence electrons. The van der Waals surface area contributed by atoms with E-state index in [4.69, 9.17) is 11.0 Å². The van der Waals surface area contributed by atoms with Gasteiger partial charge >= 0.3 is 0 Å². The summed E-state index contributed by atoms with van der Waals surface area (Å²) in [5.74, 6) is 0. The van der Waals surface area contributed by atoms with Gasteiger partial charge in [-0.05, 0) is 36.6 Å². The molecule has 0 radical (unpaired) electrons. The van der Waals surface area contributed by atoms with E-state index in [0.29, 0.717) is 6.42 Å². The first kappa shape index (κ1) is 11.3. The topological polar surface area (TPSA) is 49.8 Å². The van der Waals surface area contributed by atoms with Crippen molar-refractivity contribution in [3.8, 4) is 6.07 Å². The zero-order valence-corrected chi connectivity index (χ0v) is 10.1. The summed E-state index contributed by atoms with van der Waals surface area (Å²) < 4.78 is 0. The predicted octanol–water partition coefficient (Wildman–Crippen LogP) is 3.37. The lowest BCUT2D eigenvalue weighted by Crippen LogP contribution is -1.96. The maximum absolute atomic E-state index is 8.71. The molecular formula is C13H16N2S. The predicted molar refractivity (Wildman–Crippen MR) is 68.3 cm³/mol. The SMILES string of the molecule is N#CCc1cc(SC2CCCC2)ccc1N. The van der Waals surface area contributed by atoms with Crippen molar-refractivity contribution >= 4 is 17.4 Å². The molecule has 1 aromatic carbocycles. The average molecular weight is 232 g/mol. The summed E-state index contributed by atoms with van der Waals surface area (Å²) in [6, 6.07) is 8.22. The van der Waals surface area contributed by atoms with Gasteiger partial charge in [0.2, 0.25) is 0 Å². The van der Waals surface area contributed by atoms with Crippen LogP contribution in [-0.4, -0.2) is 5.25 Å². The average Bonchev–Trinajstić information content (AvgIpc) is 2.76. The highest BCUT2D eigenvalue weighted by Gasteiger charge is 2.16. The Balaban J connectivity index is 2.09. The van der Waals surface area contributed by atoms with Crippen LogP contribution >= 0.6 is 11.8 Å². The van der Waals surface area contributed by atoms with Gasteiger partial charge < -0.3 is 5.73 Å². The van der Waals surface area contributed by atoms with Crippen LogP contribution in [0, 0.1) is 11.3 Å². The number of rotatable bonds is 3. The molecule has 16 heavy (non-hydrogen) atoms. The van der Waals surface area contributed by atoms with E-state index in [1.807, 2.05) is 17.8 Å². The van der Waals surface area contributed by atoms with E-state index >= 15 is 0 Å². The van der Waals surface area contributed by atoms with Crippen molar-refractivity contribution in [3.05, 3.63) is 23.8 Å². The molecule has 0 bridgehead atoms. The minimum absolute atomic E-state index is 0.408. The summed E-state index contributed by atoms with van der Waals surface area (Å²) in [6.45, 7) is 0. The molecule has 0 heterocycles. The molecule has 2 rings (SSSR count). The van der Waals surface area contributed by atoms with Crippen LogP contribution in [0.2, 0.25) is 0 Å². The summed E-state index contributed by atoms with van der Waals surface area (Å²) in [5, 5.41) is 9.47. The lowest BCUT2D eigenvalue weighted by molar-refractivity contribution is 0.886. The molecule has 3 heteroatoms. The molecule has 0 spiro atoms. The molecule has 0 atom stereocenters. The summed E-state index contributed by atoms with van der Waals surface area (Å²) >= 11 is 1.93. The number of anilines is 1. The van der Waals surface area contributed by atoms with Crippen LogP contribution in [0.5, 0.6) is 0 Å². The molecule has 1 saturated carbocycles. The van der Waals surface area contributed by atoms with Gasteiger partial charge in [-0.2, -0.15) is 5.26 Å². The highest BCUT2D eigenvalue weighted by atomic mass is 32.2. The van der Waals surface area contributed by atoms with Gasteiger partial charge in [0.15, 0.2) is 0 Å². The second-order valence-electron chi connectivity index (χ2n) is 4.22. The Bertz CT molecular complexity index is 403. The van der Waals surface area contributed by atoms with Crippen LogP contribution < -0.4 is 5.73 Å². The van der Waals surface area contributed by atoms with Crippen molar-refractivity contribution in [1.82, 2.24) is 0 Å². The normalized spacial score (nSPS) is 16.2. The third-order valence-electron chi connectivity index (χ3n) is 2.99. The summed E-state index contributed by atoms with van der Waals surface area (Å²) in [6.07, 6.45) is 5.77. The molecule has 1 aliphatic carbocycles. The number of benzene rings is 1. The highest BCUT2D eigenvalue weighted by Crippen LogP contribution is 2.35. The Morgan fingerprint density at radius 3 is 2.81 bits per heavy atom. The molecule has 0 saturated heterocycles. The van der Waals surface area contributed by atoms with Crippen LogP contribution in [-0.2, 0) is 6.42 Å². The number of nitrogens with zero attached hydrogens (tertiary/aromatic N) is 1. The fourth-order valence-corrected chi connectivity index (χ4v) is 3.40. The van der Waals surface area contributed by atoms with Crippen LogP contribution in [0.4, 0.5) is 5.69 Å². The fraction of sp³-hybridized carbons (Fsp3) is 0.462. The van der Waals surface area contributed by atoms with Gasteiger partial charge in [-0.25, -0.2) is 0 Å². The standard InChI is InChI=1S/C13H16N2S/c14-8-7-10-9-12(5-6-13(10)15)16-11-3-1-2-4-11/h5-6,9,11H,1-4,7,15H2. The minimum Gasteiger partial charge on any atom is -0.398 e. The van der Waals surface area contributed by atoms with Crippen molar-refractivity contribution in [1.29, 1.82) is 5.26 Å². The van der Waals surface area contributed by atoms with Gasteiger partial charge in [-0.15, -0.1) is 11.8 Å². The molecule has 2 N–H and O–H groups in total. The van der Waals surface area contributed by atoms with Gasteiger partial charge in [-0.3, -0.25) is 0 Å². The highest BCUT2D eigenvalue weighted by molar-refractivity contribution is 8.00. The molecule has 0 unspecified atom stereocenters. The van der Waals surface area contributed by atoms with Crippen molar-refractivity contribution in [3.63, 3.8) is 0 Å². The zero-order chi connectivity index (χ0) is 11.4. The quantitative estimate of drug-likeness (QED) is 0.813. The van der Waals surface area contributed by atoms with Crippen LogP contribution in [0.1, 0.15) is 31.2 Å².